The van der Waals surface area contributed by atoms with Crippen LogP contribution in [-0.2, 0) is 20.8 Å². The molecule has 3 aliphatic rings. The molecule has 7 nitrogen and oxygen atoms in total. The second kappa shape index (κ2) is 9.65. The Hall–Kier alpha value is -2.53. The van der Waals surface area contributed by atoms with Gasteiger partial charge in [-0.3, -0.25) is 9.69 Å². The Morgan fingerprint density at radius 3 is 2.27 bits per heavy atom. The van der Waals surface area contributed by atoms with Gasteiger partial charge in [-0.15, -0.1) is 0 Å². The third kappa shape index (κ3) is 6.14. The van der Waals surface area contributed by atoms with E-state index in [1.54, 1.807) is 0 Å². The number of carbonyl (C=O) groups is 1. The van der Waals surface area contributed by atoms with Gasteiger partial charge in [0.15, 0.2) is 9.84 Å². The lowest BCUT2D eigenvalue weighted by molar-refractivity contribution is -0.146. The Balaban J connectivity index is 1.50. The zero-order valence-corrected chi connectivity index (χ0v) is 20.5. The van der Waals surface area contributed by atoms with Crippen molar-refractivity contribution in [3.63, 3.8) is 0 Å². The maximum Gasteiger partial charge on any atom is 0.417 e. The molecule has 1 heterocycles. The van der Waals surface area contributed by atoms with Crippen LogP contribution in [0.5, 0.6) is 0 Å². The van der Waals surface area contributed by atoms with E-state index in [0.717, 1.165) is 17.0 Å². The molecule has 1 N–H and O–H groups in total. The highest BCUT2D eigenvalue weighted by molar-refractivity contribution is 7.92. The van der Waals surface area contributed by atoms with Gasteiger partial charge in [-0.05, 0) is 50.3 Å². The summed E-state index contributed by atoms with van der Waals surface area (Å²) < 4.78 is 106. The topological polar surface area (TPSA) is 93.5 Å². The number of benzene rings is 1. The van der Waals surface area contributed by atoms with Crippen LogP contribution in [0.4, 0.5) is 32.0 Å². The van der Waals surface area contributed by atoms with Gasteiger partial charge in [0.25, 0.3) is 0 Å². The van der Waals surface area contributed by atoms with E-state index in [1.165, 1.54) is 11.0 Å². The maximum absolute atomic E-state index is 14.0. The Morgan fingerprint density at radius 1 is 1.08 bits per heavy atom. The quantitative estimate of drug-likeness (QED) is 0.544. The van der Waals surface area contributed by atoms with Crippen LogP contribution in [0.15, 0.2) is 23.1 Å². The van der Waals surface area contributed by atoms with E-state index >= 15 is 0 Å². The molecule has 1 aliphatic heterocycles. The number of nitriles is 1. The summed E-state index contributed by atoms with van der Waals surface area (Å²) in [6.07, 6.45) is -8.31. The maximum atomic E-state index is 14.0. The zero-order valence-electron chi connectivity index (χ0n) is 19.7. The molecule has 204 valence electrons. The summed E-state index contributed by atoms with van der Waals surface area (Å²) in [7, 11) is -4.45. The van der Waals surface area contributed by atoms with Crippen molar-refractivity contribution in [3.8, 4) is 6.07 Å². The second-order valence-electron chi connectivity index (χ2n) is 9.92. The smallest absolute Gasteiger partial charge is 0.369 e. The van der Waals surface area contributed by atoms with Gasteiger partial charge < -0.3 is 10.2 Å². The van der Waals surface area contributed by atoms with Crippen molar-refractivity contribution >= 4 is 21.4 Å². The third-order valence-electron chi connectivity index (χ3n) is 7.24. The predicted octanol–water partition coefficient (Wildman–Crippen LogP) is 3.50. The predicted molar refractivity (Wildman–Crippen MR) is 120 cm³/mol. The first kappa shape index (κ1) is 27.5. The van der Waals surface area contributed by atoms with Gasteiger partial charge in [-0.25, -0.2) is 8.42 Å². The SMILES string of the molecule is N#CC1(NC(=O)C2CC[C@@H](S(=O)(=O)c3ccc(N4CCN(CC(F)(F)F)CC4)cc3C(F)(F)F)C2)CC1. The van der Waals surface area contributed by atoms with Crippen LogP contribution in [0, 0.1) is 17.2 Å². The van der Waals surface area contributed by atoms with Crippen molar-refractivity contribution in [2.24, 2.45) is 5.92 Å². The molecule has 0 bridgehead atoms. The number of anilines is 1. The molecule has 2 saturated carbocycles. The number of carbonyl (C=O) groups excluding carboxylic acids is 1. The number of alkyl halides is 6. The van der Waals surface area contributed by atoms with Crippen LogP contribution in [0.2, 0.25) is 0 Å². The first-order valence-corrected chi connectivity index (χ1v) is 13.4. The van der Waals surface area contributed by atoms with E-state index in [1.807, 2.05) is 6.07 Å². The molecule has 2 atom stereocenters. The summed E-state index contributed by atoms with van der Waals surface area (Å²) in [5.74, 6) is -1.18. The Labute approximate surface area is 210 Å². The van der Waals surface area contributed by atoms with Gasteiger partial charge >= 0.3 is 12.4 Å². The monoisotopic (exact) mass is 552 g/mol. The fraction of sp³-hybridized carbons (Fsp3) is 0.652. The summed E-state index contributed by atoms with van der Waals surface area (Å²) in [4.78, 5) is 14.3. The number of rotatable bonds is 6. The molecule has 0 radical (unpaired) electrons. The first-order chi connectivity index (χ1) is 17.1. The minimum Gasteiger partial charge on any atom is -0.369 e. The highest BCUT2D eigenvalue weighted by atomic mass is 32.2. The number of hydrogen-bond donors (Lipinski definition) is 1. The van der Waals surface area contributed by atoms with E-state index in [4.69, 9.17) is 5.26 Å². The van der Waals surface area contributed by atoms with Crippen molar-refractivity contribution in [3.05, 3.63) is 23.8 Å². The zero-order chi connectivity index (χ0) is 27.2. The number of piperazine rings is 1. The molecule has 1 aromatic carbocycles. The van der Waals surface area contributed by atoms with E-state index in [0.29, 0.717) is 12.8 Å². The Kier molecular flexibility index (Phi) is 7.17. The highest BCUT2D eigenvalue weighted by Gasteiger charge is 2.48. The average molecular weight is 553 g/mol. The van der Waals surface area contributed by atoms with Crippen LogP contribution >= 0.6 is 0 Å². The third-order valence-corrected chi connectivity index (χ3v) is 9.51. The number of halogens is 6. The molecule has 0 spiro atoms. The number of hydrogen-bond acceptors (Lipinski definition) is 6. The average Bonchev–Trinajstić information content (AvgIpc) is 3.39. The summed E-state index contributed by atoms with van der Waals surface area (Å²) >= 11 is 0. The minimum absolute atomic E-state index is 0.000471. The van der Waals surface area contributed by atoms with Gasteiger partial charge in [-0.1, -0.05) is 0 Å². The van der Waals surface area contributed by atoms with Gasteiger partial charge in [0.1, 0.15) is 5.54 Å². The first-order valence-electron chi connectivity index (χ1n) is 11.9. The molecule has 1 saturated heterocycles. The molecule has 37 heavy (non-hydrogen) atoms. The highest BCUT2D eigenvalue weighted by Crippen LogP contribution is 2.42. The Bertz CT molecular complexity index is 1180. The normalized spacial score (nSPS) is 24.5. The van der Waals surface area contributed by atoms with Crippen molar-refractivity contribution in [1.82, 2.24) is 10.2 Å². The van der Waals surface area contributed by atoms with Crippen LogP contribution in [-0.4, -0.2) is 68.9 Å². The minimum atomic E-state index is -4.99. The molecule has 4 rings (SSSR count). The summed E-state index contributed by atoms with van der Waals surface area (Å²) in [5.41, 5.74) is -2.18. The van der Waals surface area contributed by atoms with E-state index in [9.17, 15) is 39.6 Å². The second-order valence-corrected chi connectivity index (χ2v) is 12.1. The molecule has 0 aromatic heterocycles. The van der Waals surface area contributed by atoms with Gasteiger partial charge in [-0.2, -0.15) is 31.6 Å². The van der Waals surface area contributed by atoms with Crippen molar-refractivity contribution in [1.29, 1.82) is 5.26 Å². The summed E-state index contributed by atoms with van der Waals surface area (Å²) in [6, 6.07) is 4.88. The van der Waals surface area contributed by atoms with Crippen molar-refractivity contribution in [2.75, 3.05) is 37.6 Å². The van der Waals surface area contributed by atoms with E-state index in [-0.39, 0.29) is 51.1 Å². The van der Waals surface area contributed by atoms with Gasteiger partial charge in [0.05, 0.1) is 28.3 Å². The molecule has 14 heteroatoms. The molecular weight excluding hydrogens is 526 g/mol. The largest absolute Gasteiger partial charge is 0.417 e. The van der Waals surface area contributed by atoms with Crippen LogP contribution in [0.3, 0.4) is 0 Å². The molecule has 1 unspecified atom stereocenters. The molecule has 1 amide bonds. The van der Waals surface area contributed by atoms with Gasteiger partial charge in [0, 0.05) is 37.8 Å². The standard InChI is InChI=1S/C23H26F6N4O3S/c24-22(25,26)14-32-7-9-33(10-8-32)16-2-4-19(18(12-16)23(27,28)29)37(35,36)17-3-1-15(11-17)20(34)31-21(13-30)5-6-21/h2,4,12,15,17H,1,3,5-11,14H2,(H,31,34)/t15?,17-/m1/s1. The van der Waals surface area contributed by atoms with E-state index < -0.39 is 61.8 Å². The fourth-order valence-corrected chi connectivity index (χ4v) is 7.00. The fourth-order valence-electron chi connectivity index (χ4n) is 4.97. The number of amides is 1. The van der Waals surface area contributed by atoms with Crippen molar-refractivity contribution < 1.29 is 39.6 Å². The van der Waals surface area contributed by atoms with Crippen LogP contribution < -0.4 is 10.2 Å². The number of nitrogens with one attached hydrogen (secondary N) is 1. The lowest BCUT2D eigenvalue weighted by Gasteiger charge is -2.36. The van der Waals surface area contributed by atoms with Gasteiger partial charge in [0.2, 0.25) is 5.91 Å². The summed E-state index contributed by atoms with van der Waals surface area (Å²) in [6.45, 7) is -0.991. The summed E-state index contributed by atoms with van der Waals surface area (Å²) in [5, 5.41) is 10.6. The van der Waals surface area contributed by atoms with Crippen LogP contribution in [0.25, 0.3) is 0 Å². The number of nitrogens with zero attached hydrogens (tertiary/aromatic N) is 3. The van der Waals surface area contributed by atoms with Crippen molar-refractivity contribution in [2.45, 2.75) is 60.1 Å². The molecule has 3 fully saturated rings. The molecular formula is C23H26F6N4O3S. The lowest BCUT2D eigenvalue weighted by atomic mass is 10.1. The lowest BCUT2D eigenvalue weighted by Crippen LogP contribution is -2.49. The Morgan fingerprint density at radius 2 is 1.73 bits per heavy atom. The molecule has 2 aliphatic carbocycles. The number of sulfone groups is 1. The van der Waals surface area contributed by atoms with E-state index in [2.05, 4.69) is 5.32 Å². The van der Waals surface area contributed by atoms with Crippen LogP contribution in [0.1, 0.15) is 37.7 Å². The molecule has 1 aromatic rings.